The predicted molar refractivity (Wildman–Crippen MR) is 50.6 cm³/mol. The highest BCUT2D eigenvalue weighted by Crippen LogP contribution is 2.31. The summed E-state index contributed by atoms with van der Waals surface area (Å²) < 4.78 is 30.9. The lowest BCUT2D eigenvalue weighted by atomic mass is 9.93. The number of nitrogens with one attached hydrogen (secondary N) is 1. The highest BCUT2D eigenvalue weighted by Gasteiger charge is 2.37. The Hall–Kier alpha value is -0.900. The number of rotatable bonds is 3. The molecule has 0 saturated carbocycles. The van der Waals surface area contributed by atoms with Gasteiger partial charge in [-0.2, -0.15) is 0 Å². The second kappa shape index (κ2) is 3.69. The minimum absolute atomic E-state index is 0.521. The van der Waals surface area contributed by atoms with Crippen LogP contribution in [0, 0.1) is 13.8 Å². The van der Waals surface area contributed by atoms with E-state index in [1.54, 1.807) is 19.9 Å². The quantitative estimate of drug-likeness (QED) is 0.816. The first-order valence-electron chi connectivity index (χ1n) is 4.46. The maximum atomic E-state index is 12.9. The van der Waals surface area contributed by atoms with Crippen molar-refractivity contribution < 1.29 is 13.2 Å². The van der Waals surface area contributed by atoms with Gasteiger partial charge in [0.15, 0.2) is 0 Å². The van der Waals surface area contributed by atoms with Crippen LogP contribution in [0.5, 0.6) is 0 Å². The van der Waals surface area contributed by atoms with Crippen molar-refractivity contribution >= 4 is 0 Å². The molecule has 1 aromatic rings. The molecule has 1 heterocycles. The molecule has 0 fully saturated rings. The number of hydrogen-bond acceptors (Lipinski definition) is 2. The largest absolute Gasteiger partial charge is 0.466 e. The number of hydrogen-bond donors (Lipinski definition) is 1. The molecule has 80 valence electrons. The molecule has 14 heavy (non-hydrogen) atoms. The summed E-state index contributed by atoms with van der Waals surface area (Å²) in [5.41, 5.74) is -0.811. The molecule has 0 aliphatic carbocycles. The molecule has 0 amide bonds. The zero-order valence-electron chi connectivity index (χ0n) is 8.82. The van der Waals surface area contributed by atoms with Gasteiger partial charge in [-0.1, -0.05) is 0 Å². The first kappa shape index (κ1) is 11.2. The van der Waals surface area contributed by atoms with Crippen LogP contribution in [-0.4, -0.2) is 13.5 Å². The summed E-state index contributed by atoms with van der Waals surface area (Å²) in [7, 11) is 1.52. The number of alkyl halides is 2. The fourth-order valence-electron chi connectivity index (χ4n) is 1.51. The third-order valence-electron chi connectivity index (χ3n) is 2.56. The summed E-state index contributed by atoms with van der Waals surface area (Å²) in [4.78, 5) is 0. The molecule has 0 aliphatic rings. The zero-order valence-corrected chi connectivity index (χ0v) is 8.82. The van der Waals surface area contributed by atoms with Gasteiger partial charge in [-0.25, -0.2) is 8.78 Å². The van der Waals surface area contributed by atoms with Crippen molar-refractivity contribution in [3.05, 3.63) is 23.2 Å². The van der Waals surface area contributed by atoms with Gasteiger partial charge >= 0.3 is 0 Å². The molecular formula is C10H15F2NO. The van der Waals surface area contributed by atoms with Crippen LogP contribution in [0.1, 0.15) is 24.0 Å². The van der Waals surface area contributed by atoms with Gasteiger partial charge in [0.05, 0.1) is 0 Å². The Morgan fingerprint density at radius 1 is 1.43 bits per heavy atom. The van der Waals surface area contributed by atoms with E-state index in [0.717, 1.165) is 0 Å². The first-order valence-corrected chi connectivity index (χ1v) is 4.46. The second-order valence-corrected chi connectivity index (χ2v) is 3.58. The summed E-state index contributed by atoms with van der Waals surface area (Å²) >= 11 is 0. The molecule has 2 nitrogen and oxygen atoms in total. The summed E-state index contributed by atoms with van der Waals surface area (Å²) in [6, 6.07) is 1.65. The number of furan rings is 1. The Morgan fingerprint density at radius 2 is 2.00 bits per heavy atom. The normalized spacial score (nSPS) is 15.9. The molecule has 1 aromatic heterocycles. The van der Waals surface area contributed by atoms with E-state index in [4.69, 9.17) is 4.42 Å². The maximum absolute atomic E-state index is 12.9. The molecule has 1 unspecified atom stereocenters. The maximum Gasteiger partial charge on any atom is 0.260 e. The molecule has 4 heteroatoms. The fourth-order valence-corrected chi connectivity index (χ4v) is 1.51. The molecular weight excluding hydrogens is 188 g/mol. The van der Waals surface area contributed by atoms with E-state index in [9.17, 15) is 8.78 Å². The van der Waals surface area contributed by atoms with Crippen LogP contribution in [0.3, 0.4) is 0 Å². The SMILES string of the molecule is CNC(C)(c1cc(C)oc1C)C(F)F. The van der Waals surface area contributed by atoms with Crippen LogP contribution in [0.15, 0.2) is 10.5 Å². The van der Waals surface area contributed by atoms with E-state index < -0.39 is 12.0 Å². The van der Waals surface area contributed by atoms with Crippen molar-refractivity contribution in [1.82, 2.24) is 5.32 Å². The zero-order chi connectivity index (χ0) is 10.9. The van der Waals surface area contributed by atoms with Crippen molar-refractivity contribution in [2.45, 2.75) is 32.7 Å². The average Bonchev–Trinajstić information content (AvgIpc) is 2.44. The van der Waals surface area contributed by atoms with Crippen molar-refractivity contribution in [2.24, 2.45) is 0 Å². The number of aryl methyl sites for hydroxylation is 2. The van der Waals surface area contributed by atoms with Crippen LogP contribution in [0.2, 0.25) is 0 Å². The van der Waals surface area contributed by atoms with E-state index in [1.165, 1.54) is 14.0 Å². The van der Waals surface area contributed by atoms with Crippen molar-refractivity contribution in [3.8, 4) is 0 Å². The monoisotopic (exact) mass is 203 g/mol. The highest BCUT2D eigenvalue weighted by molar-refractivity contribution is 5.29. The Balaban J connectivity index is 3.18. The fraction of sp³-hybridized carbons (Fsp3) is 0.600. The highest BCUT2D eigenvalue weighted by atomic mass is 19.3. The lowest BCUT2D eigenvalue weighted by Gasteiger charge is -2.27. The van der Waals surface area contributed by atoms with Crippen LogP contribution in [0.4, 0.5) is 8.78 Å². The van der Waals surface area contributed by atoms with Gasteiger partial charge in [0.1, 0.15) is 17.1 Å². The van der Waals surface area contributed by atoms with Gasteiger partial charge < -0.3 is 9.73 Å². The summed E-state index contributed by atoms with van der Waals surface area (Å²) in [5.74, 6) is 1.19. The average molecular weight is 203 g/mol. The Labute approximate surface area is 82.3 Å². The Morgan fingerprint density at radius 3 is 2.29 bits per heavy atom. The van der Waals surface area contributed by atoms with Crippen LogP contribution in [-0.2, 0) is 5.54 Å². The molecule has 0 aliphatic heterocycles. The summed E-state index contributed by atoms with van der Waals surface area (Å²) in [6.07, 6.45) is -2.47. The van der Waals surface area contributed by atoms with Crippen LogP contribution >= 0.6 is 0 Å². The van der Waals surface area contributed by atoms with Gasteiger partial charge in [-0.15, -0.1) is 0 Å². The standard InChI is InChI=1S/C10H15F2NO/c1-6-5-8(7(2)14-6)10(3,13-4)9(11)12/h5,9,13H,1-4H3. The van der Waals surface area contributed by atoms with Gasteiger partial charge in [0, 0.05) is 5.56 Å². The second-order valence-electron chi connectivity index (χ2n) is 3.58. The molecule has 0 bridgehead atoms. The molecule has 1 atom stereocenters. The molecule has 0 aromatic carbocycles. The molecule has 0 saturated heterocycles. The van der Waals surface area contributed by atoms with Crippen LogP contribution in [0.25, 0.3) is 0 Å². The molecule has 1 N–H and O–H groups in total. The van der Waals surface area contributed by atoms with Crippen LogP contribution < -0.4 is 5.32 Å². The van der Waals surface area contributed by atoms with Gasteiger partial charge in [0.2, 0.25) is 0 Å². The van der Waals surface area contributed by atoms with E-state index >= 15 is 0 Å². The minimum atomic E-state index is -2.47. The van der Waals surface area contributed by atoms with E-state index in [0.29, 0.717) is 17.1 Å². The van der Waals surface area contributed by atoms with E-state index in [2.05, 4.69) is 5.32 Å². The van der Waals surface area contributed by atoms with Gasteiger partial charge in [-0.3, -0.25) is 0 Å². The summed E-state index contributed by atoms with van der Waals surface area (Å²) in [5, 5.41) is 2.64. The third-order valence-corrected chi connectivity index (χ3v) is 2.56. The van der Waals surface area contributed by atoms with E-state index in [1.807, 2.05) is 0 Å². The lowest BCUT2D eigenvalue weighted by Crippen LogP contribution is -2.43. The Kier molecular flexibility index (Phi) is 2.95. The first-order chi connectivity index (χ1) is 6.41. The smallest absolute Gasteiger partial charge is 0.260 e. The van der Waals surface area contributed by atoms with Crippen molar-refractivity contribution in [3.63, 3.8) is 0 Å². The topological polar surface area (TPSA) is 25.2 Å². The molecule has 0 spiro atoms. The third kappa shape index (κ3) is 1.66. The van der Waals surface area contributed by atoms with Gasteiger partial charge in [-0.05, 0) is 33.9 Å². The minimum Gasteiger partial charge on any atom is -0.466 e. The molecule has 0 radical (unpaired) electrons. The van der Waals surface area contributed by atoms with E-state index in [-0.39, 0.29) is 0 Å². The summed E-state index contributed by atoms with van der Waals surface area (Å²) in [6.45, 7) is 4.91. The van der Waals surface area contributed by atoms with Crippen molar-refractivity contribution in [2.75, 3.05) is 7.05 Å². The predicted octanol–water partition coefficient (Wildman–Crippen LogP) is 2.60. The van der Waals surface area contributed by atoms with Gasteiger partial charge in [0.25, 0.3) is 6.43 Å². The number of halogens is 2. The van der Waals surface area contributed by atoms with Crippen molar-refractivity contribution in [1.29, 1.82) is 0 Å². The Bertz CT molecular complexity index is 322. The molecule has 1 rings (SSSR count). The lowest BCUT2D eigenvalue weighted by molar-refractivity contribution is 0.0423.